The Kier molecular flexibility index (Phi) is 5.78. The molecule has 0 amide bonds. The number of rotatable bonds is 6. The van der Waals surface area contributed by atoms with Gasteiger partial charge in [0.15, 0.2) is 12.4 Å². The molecule has 0 spiro atoms. The van der Waals surface area contributed by atoms with Crippen LogP contribution in [0.4, 0.5) is 26.3 Å². The zero-order valence-electron chi connectivity index (χ0n) is 13.4. The number of aromatic nitrogens is 4. The van der Waals surface area contributed by atoms with E-state index >= 15 is 0 Å². The van der Waals surface area contributed by atoms with Gasteiger partial charge < -0.3 is 4.74 Å². The molecule has 13 heteroatoms. The Balaban J connectivity index is 2.39. The summed E-state index contributed by atoms with van der Waals surface area (Å²) in [6.45, 7) is 2.86. The van der Waals surface area contributed by atoms with Crippen LogP contribution in [0.1, 0.15) is 17.2 Å². The first kappa shape index (κ1) is 20.7. The van der Waals surface area contributed by atoms with E-state index in [9.17, 15) is 26.3 Å². The van der Waals surface area contributed by atoms with Crippen molar-refractivity contribution in [1.82, 2.24) is 19.7 Å². The molecule has 2 heterocycles. The van der Waals surface area contributed by atoms with E-state index in [1.807, 2.05) is 0 Å². The average molecular weight is 414 g/mol. The summed E-state index contributed by atoms with van der Waals surface area (Å²) in [6.07, 6.45) is -2.73. The molecular weight excluding hydrogens is 404 g/mol. The number of halogens is 7. The first-order valence-corrected chi connectivity index (χ1v) is 7.33. The molecule has 0 atom stereocenters. The number of ether oxygens (including phenoxy) is 1. The fourth-order valence-electron chi connectivity index (χ4n) is 1.87. The summed E-state index contributed by atoms with van der Waals surface area (Å²) in [6, 6.07) is 0.761. The van der Waals surface area contributed by atoms with Crippen molar-refractivity contribution < 1.29 is 31.1 Å². The first-order chi connectivity index (χ1) is 12.4. The van der Waals surface area contributed by atoms with Crippen molar-refractivity contribution in [2.24, 2.45) is 4.99 Å². The monoisotopic (exact) mass is 413 g/mol. The molecule has 0 bridgehead atoms. The minimum absolute atomic E-state index is 0.0186. The molecule has 0 saturated heterocycles. The van der Waals surface area contributed by atoms with Gasteiger partial charge >= 0.3 is 11.6 Å². The molecule has 0 unspecified atom stereocenters. The lowest BCUT2D eigenvalue weighted by Crippen LogP contribution is -2.20. The summed E-state index contributed by atoms with van der Waals surface area (Å²) in [4.78, 5) is 7.01. The standard InChI is InChI=1S/C14H10ClF6N5O/c1-7-24-25-12(14(15,20)21)26(7)5-10(22-2)8-3-9(16)11(23-4-8)27-6-13(17,18)19/h3-5H,2,6H2,1H3/b10-5-. The van der Waals surface area contributed by atoms with Gasteiger partial charge in [0.2, 0.25) is 5.82 Å². The average Bonchev–Trinajstić information content (AvgIpc) is 2.91. The molecule has 0 aliphatic carbocycles. The van der Waals surface area contributed by atoms with Crippen LogP contribution in [0.3, 0.4) is 0 Å². The molecule has 0 aliphatic heterocycles. The molecule has 0 saturated carbocycles. The highest BCUT2D eigenvalue weighted by molar-refractivity contribution is 6.21. The number of pyridine rings is 1. The van der Waals surface area contributed by atoms with E-state index in [1.54, 1.807) is 0 Å². The number of hydrogen-bond donors (Lipinski definition) is 0. The molecule has 27 heavy (non-hydrogen) atoms. The number of alkyl halides is 6. The minimum atomic E-state index is -4.67. The summed E-state index contributed by atoms with van der Waals surface area (Å²) < 4.78 is 82.1. The molecule has 146 valence electrons. The minimum Gasteiger partial charge on any atom is -0.466 e. The molecule has 0 aromatic carbocycles. The highest BCUT2D eigenvalue weighted by Crippen LogP contribution is 2.32. The summed E-state index contributed by atoms with van der Waals surface area (Å²) in [7, 11) is 0. The number of nitrogens with zero attached hydrogens (tertiary/aromatic N) is 5. The van der Waals surface area contributed by atoms with Crippen molar-refractivity contribution in [2.45, 2.75) is 18.5 Å². The zero-order chi connectivity index (χ0) is 20.4. The van der Waals surface area contributed by atoms with Crippen LogP contribution in [0.5, 0.6) is 5.88 Å². The van der Waals surface area contributed by atoms with Crippen LogP contribution >= 0.6 is 11.6 Å². The van der Waals surface area contributed by atoms with Crippen molar-refractivity contribution in [2.75, 3.05) is 6.61 Å². The molecule has 2 aromatic heterocycles. The third-order valence-electron chi connectivity index (χ3n) is 3.02. The Morgan fingerprint density at radius 1 is 1.33 bits per heavy atom. The molecule has 0 aliphatic rings. The number of aliphatic imine (C=N–C) groups is 1. The Hall–Kier alpha value is -2.63. The second-order valence-corrected chi connectivity index (χ2v) is 5.50. The lowest BCUT2D eigenvalue weighted by atomic mass is 10.2. The van der Waals surface area contributed by atoms with Gasteiger partial charge in [-0.25, -0.2) is 9.37 Å². The number of hydrogen-bond acceptors (Lipinski definition) is 5. The maximum Gasteiger partial charge on any atom is 0.422 e. The van der Waals surface area contributed by atoms with Crippen LogP contribution in [-0.4, -0.2) is 39.2 Å². The van der Waals surface area contributed by atoms with Gasteiger partial charge in [-0.2, -0.15) is 22.0 Å². The van der Waals surface area contributed by atoms with E-state index < -0.39 is 35.7 Å². The van der Waals surface area contributed by atoms with Gasteiger partial charge in [0.1, 0.15) is 5.82 Å². The van der Waals surface area contributed by atoms with Crippen molar-refractivity contribution >= 4 is 30.2 Å². The third-order valence-corrected chi connectivity index (χ3v) is 3.19. The first-order valence-electron chi connectivity index (χ1n) is 6.95. The Bertz CT molecular complexity index is 874. The predicted octanol–water partition coefficient (Wildman–Crippen LogP) is 4.01. The maximum absolute atomic E-state index is 13.9. The quantitative estimate of drug-likeness (QED) is 0.408. The van der Waals surface area contributed by atoms with Gasteiger partial charge in [0.05, 0.1) is 5.70 Å². The predicted molar refractivity (Wildman–Crippen MR) is 84.0 cm³/mol. The zero-order valence-corrected chi connectivity index (χ0v) is 14.2. The Morgan fingerprint density at radius 3 is 2.52 bits per heavy atom. The molecule has 0 N–H and O–H groups in total. The Labute approximate surface area is 153 Å². The molecule has 2 rings (SSSR count). The van der Waals surface area contributed by atoms with Crippen LogP contribution in [0.25, 0.3) is 11.9 Å². The van der Waals surface area contributed by atoms with Crippen molar-refractivity contribution in [3.05, 3.63) is 35.3 Å². The van der Waals surface area contributed by atoms with E-state index in [2.05, 4.69) is 31.6 Å². The molecule has 6 nitrogen and oxygen atoms in total. The fourth-order valence-corrected chi connectivity index (χ4v) is 2.00. The normalized spacial score (nSPS) is 13.0. The van der Waals surface area contributed by atoms with Crippen LogP contribution in [0.15, 0.2) is 17.3 Å². The van der Waals surface area contributed by atoms with E-state index in [-0.39, 0.29) is 17.1 Å². The second-order valence-electron chi connectivity index (χ2n) is 5.03. The van der Waals surface area contributed by atoms with Crippen LogP contribution < -0.4 is 4.74 Å². The highest BCUT2D eigenvalue weighted by atomic mass is 35.5. The van der Waals surface area contributed by atoms with Crippen molar-refractivity contribution in [3.63, 3.8) is 0 Å². The van der Waals surface area contributed by atoms with E-state index in [0.29, 0.717) is 0 Å². The molecule has 0 fully saturated rings. The van der Waals surface area contributed by atoms with Gasteiger partial charge in [0, 0.05) is 18.0 Å². The summed E-state index contributed by atoms with van der Waals surface area (Å²) in [5.41, 5.74) is -0.215. The van der Waals surface area contributed by atoms with Gasteiger partial charge in [-0.3, -0.25) is 9.56 Å². The largest absolute Gasteiger partial charge is 0.466 e. The lowest BCUT2D eigenvalue weighted by molar-refractivity contribution is -0.154. The lowest BCUT2D eigenvalue weighted by Gasteiger charge is -2.11. The number of aryl methyl sites for hydroxylation is 1. The smallest absolute Gasteiger partial charge is 0.422 e. The van der Waals surface area contributed by atoms with Gasteiger partial charge in [-0.05, 0) is 31.3 Å². The Morgan fingerprint density at radius 2 is 2.00 bits per heavy atom. The molecular formula is C14H10ClF6N5O. The molecule has 2 aromatic rings. The van der Waals surface area contributed by atoms with E-state index in [4.69, 9.17) is 11.6 Å². The van der Waals surface area contributed by atoms with Gasteiger partial charge in [0.25, 0.3) is 5.88 Å². The summed E-state index contributed by atoms with van der Waals surface area (Å²) >= 11 is 4.95. The summed E-state index contributed by atoms with van der Waals surface area (Å²) in [5.74, 6) is -2.99. The van der Waals surface area contributed by atoms with E-state index in [1.165, 1.54) is 6.92 Å². The van der Waals surface area contributed by atoms with Gasteiger partial charge in [-0.1, -0.05) is 0 Å². The summed E-state index contributed by atoms with van der Waals surface area (Å²) in [5, 5.41) is 2.88. The highest BCUT2D eigenvalue weighted by Gasteiger charge is 2.35. The molecule has 0 radical (unpaired) electrons. The fraction of sp³-hybridized carbons (Fsp3) is 0.286. The SMILES string of the molecule is C=N/C(=C\n1c(C)nnc1C(F)(F)Cl)c1cnc(OCC(F)(F)F)c(F)c1. The van der Waals surface area contributed by atoms with Crippen LogP contribution in [0.2, 0.25) is 0 Å². The maximum atomic E-state index is 13.9. The van der Waals surface area contributed by atoms with Crippen molar-refractivity contribution in [1.29, 1.82) is 0 Å². The third kappa shape index (κ3) is 5.18. The van der Waals surface area contributed by atoms with Crippen LogP contribution in [-0.2, 0) is 5.38 Å². The van der Waals surface area contributed by atoms with Crippen LogP contribution in [0, 0.1) is 12.7 Å². The van der Waals surface area contributed by atoms with Gasteiger partial charge in [-0.15, -0.1) is 10.2 Å². The van der Waals surface area contributed by atoms with Crippen molar-refractivity contribution in [3.8, 4) is 5.88 Å². The van der Waals surface area contributed by atoms with E-state index in [0.717, 1.165) is 23.0 Å². The second kappa shape index (κ2) is 7.55. The topological polar surface area (TPSA) is 65.2 Å².